The number of nitrogen functional groups attached to an aromatic ring is 1. The lowest BCUT2D eigenvalue weighted by Crippen LogP contribution is -2.09. The second kappa shape index (κ2) is 6.05. The van der Waals surface area contributed by atoms with Crippen molar-refractivity contribution >= 4 is 17.2 Å². The van der Waals surface area contributed by atoms with Crippen LogP contribution in [0.3, 0.4) is 0 Å². The number of carbonyl (C=O) groups excluding carboxylic acids is 1. The molecular formula is C16H18N2O. The van der Waals surface area contributed by atoms with E-state index in [-0.39, 0.29) is 5.78 Å². The standard InChI is InChI=1S/C16H18N2O/c1-12-4-2-7-15(10-12)18-9-8-16(19)13-5-3-6-14(17)11-13/h2-7,10-11,18H,8-9,17H2,1H3. The average Bonchev–Trinajstić information content (AvgIpc) is 2.38. The zero-order valence-electron chi connectivity index (χ0n) is 11.0. The zero-order chi connectivity index (χ0) is 13.7. The van der Waals surface area contributed by atoms with Crippen LogP contribution in [0, 0.1) is 6.92 Å². The van der Waals surface area contributed by atoms with Crippen LogP contribution in [0.1, 0.15) is 22.3 Å². The van der Waals surface area contributed by atoms with Gasteiger partial charge in [0.25, 0.3) is 0 Å². The molecule has 2 rings (SSSR count). The molecule has 0 aromatic heterocycles. The number of nitrogens with one attached hydrogen (secondary N) is 1. The van der Waals surface area contributed by atoms with Crippen molar-refractivity contribution in [3.05, 3.63) is 59.7 Å². The molecular weight excluding hydrogens is 236 g/mol. The van der Waals surface area contributed by atoms with E-state index in [1.165, 1.54) is 5.56 Å². The van der Waals surface area contributed by atoms with Gasteiger partial charge in [-0.05, 0) is 36.8 Å². The van der Waals surface area contributed by atoms with Gasteiger partial charge in [-0.15, -0.1) is 0 Å². The first kappa shape index (κ1) is 13.1. The number of rotatable bonds is 5. The molecule has 3 N–H and O–H groups in total. The lowest BCUT2D eigenvalue weighted by molar-refractivity contribution is 0.0986. The molecule has 0 atom stereocenters. The summed E-state index contributed by atoms with van der Waals surface area (Å²) in [4.78, 5) is 12.0. The largest absolute Gasteiger partial charge is 0.399 e. The normalized spacial score (nSPS) is 10.2. The van der Waals surface area contributed by atoms with Gasteiger partial charge in [0.05, 0.1) is 0 Å². The summed E-state index contributed by atoms with van der Waals surface area (Å²) < 4.78 is 0. The van der Waals surface area contributed by atoms with Crippen LogP contribution in [0.25, 0.3) is 0 Å². The van der Waals surface area contributed by atoms with Crippen LogP contribution >= 0.6 is 0 Å². The highest BCUT2D eigenvalue weighted by atomic mass is 16.1. The lowest BCUT2D eigenvalue weighted by atomic mass is 10.1. The third kappa shape index (κ3) is 3.85. The molecule has 0 heterocycles. The van der Waals surface area contributed by atoms with Gasteiger partial charge in [-0.1, -0.05) is 24.3 Å². The Kier molecular flexibility index (Phi) is 4.18. The van der Waals surface area contributed by atoms with Crippen molar-refractivity contribution < 1.29 is 4.79 Å². The van der Waals surface area contributed by atoms with Gasteiger partial charge in [-0.25, -0.2) is 0 Å². The Morgan fingerprint density at radius 2 is 1.95 bits per heavy atom. The van der Waals surface area contributed by atoms with E-state index >= 15 is 0 Å². The number of hydrogen-bond acceptors (Lipinski definition) is 3. The average molecular weight is 254 g/mol. The number of ketones is 1. The van der Waals surface area contributed by atoms with Crippen LogP contribution in [0.2, 0.25) is 0 Å². The van der Waals surface area contributed by atoms with E-state index in [9.17, 15) is 4.79 Å². The minimum absolute atomic E-state index is 0.104. The minimum Gasteiger partial charge on any atom is -0.399 e. The highest BCUT2D eigenvalue weighted by Crippen LogP contribution is 2.11. The molecule has 2 aromatic carbocycles. The van der Waals surface area contributed by atoms with Gasteiger partial charge in [0.2, 0.25) is 0 Å². The van der Waals surface area contributed by atoms with E-state index in [4.69, 9.17) is 5.73 Å². The maximum Gasteiger partial charge on any atom is 0.164 e. The molecule has 0 aliphatic carbocycles. The Morgan fingerprint density at radius 3 is 2.68 bits per heavy atom. The molecule has 3 heteroatoms. The molecule has 0 radical (unpaired) electrons. The lowest BCUT2D eigenvalue weighted by Gasteiger charge is -2.07. The van der Waals surface area contributed by atoms with Crippen molar-refractivity contribution in [1.82, 2.24) is 0 Å². The summed E-state index contributed by atoms with van der Waals surface area (Å²) in [6, 6.07) is 15.2. The molecule has 0 unspecified atom stereocenters. The highest BCUT2D eigenvalue weighted by molar-refractivity contribution is 5.97. The maximum atomic E-state index is 12.0. The van der Waals surface area contributed by atoms with E-state index in [1.807, 2.05) is 25.1 Å². The summed E-state index contributed by atoms with van der Waals surface area (Å²) in [5, 5.41) is 3.25. The van der Waals surface area contributed by atoms with E-state index in [2.05, 4.69) is 11.4 Å². The molecule has 2 aromatic rings. The molecule has 19 heavy (non-hydrogen) atoms. The van der Waals surface area contributed by atoms with Gasteiger partial charge < -0.3 is 11.1 Å². The quantitative estimate of drug-likeness (QED) is 0.636. The van der Waals surface area contributed by atoms with E-state index in [0.717, 1.165) is 5.69 Å². The monoisotopic (exact) mass is 254 g/mol. The van der Waals surface area contributed by atoms with Gasteiger partial charge in [-0.3, -0.25) is 4.79 Å². The number of hydrogen-bond donors (Lipinski definition) is 2. The first-order valence-electron chi connectivity index (χ1n) is 6.34. The molecule has 3 nitrogen and oxygen atoms in total. The van der Waals surface area contributed by atoms with Gasteiger partial charge in [-0.2, -0.15) is 0 Å². The number of aryl methyl sites for hydroxylation is 1. The van der Waals surface area contributed by atoms with Crippen molar-refractivity contribution in [3.63, 3.8) is 0 Å². The van der Waals surface area contributed by atoms with Crippen molar-refractivity contribution in [2.75, 3.05) is 17.6 Å². The molecule has 0 saturated heterocycles. The first-order chi connectivity index (χ1) is 9.15. The topological polar surface area (TPSA) is 55.1 Å². The summed E-state index contributed by atoms with van der Waals surface area (Å²) in [7, 11) is 0. The summed E-state index contributed by atoms with van der Waals surface area (Å²) >= 11 is 0. The molecule has 0 amide bonds. The van der Waals surface area contributed by atoms with E-state index in [1.54, 1.807) is 24.3 Å². The fourth-order valence-electron chi connectivity index (χ4n) is 1.93. The fourth-order valence-corrected chi connectivity index (χ4v) is 1.93. The molecule has 0 saturated carbocycles. The number of carbonyl (C=O) groups is 1. The van der Waals surface area contributed by atoms with Crippen LogP contribution in [-0.2, 0) is 0 Å². The smallest absolute Gasteiger partial charge is 0.164 e. The van der Waals surface area contributed by atoms with Crippen LogP contribution in [0.4, 0.5) is 11.4 Å². The maximum absolute atomic E-state index is 12.0. The van der Waals surface area contributed by atoms with E-state index < -0.39 is 0 Å². The predicted octanol–water partition coefficient (Wildman–Crippen LogP) is 3.26. The zero-order valence-corrected chi connectivity index (χ0v) is 11.0. The van der Waals surface area contributed by atoms with Gasteiger partial charge in [0.15, 0.2) is 5.78 Å². The Hall–Kier alpha value is -2.29. The second-order valence-electron chi connectivity index (χ2n) is 4.59. The molecule has 0 bridgehead atoms. The van der Waals surface area contributed by atoms with Crippen LogP contribution < -0.4 is 11.1 Å². The summed E-state index contributed by atoms with van der Waals surface area (Å²) in [6.07, 6.45) is 0.456. The molecule has 0 aliphatic heterocycles. The SMILES string of the molecule is Cc1cccc(NCCC(=O)c2cccc(N)c2)c1. The van der Waals surface area contributed by atoms with Crippen LogP contribution in [0.15, 0.2) is 48.5 Å². The van der Waals surface area contributed by atoms with Crippen LogP contribution in [0.5, 0.6) is 0 Å². The Balaban J connectivity index is 1.87. The van der Waals surface area contributed by atoms with Crippen molar-refractivity contribution in [3.8, 4) is 0 Å². The van der Waals surface area contributed by atoms with Crippen molar-refractivity contribution in [2.24, 2.45) is 0 Å². The fraction of sp³-hybridized carbons (Fsp3) is 0.188. The third-order valence-corrected chi connectivity index (χ3v) is 2.91. The first-order valence-corrected chi connectivity index (χ1v) is 6.34. The number of Topliss-reactive ketones (excluding diaryl/α,β-unsaturated/α-hetero) is 1. The Morgan fingerprint density at radius 1 is 1.16 bits per heavy atom. The number of nitrogens with two attached hydrogens (primary N) is 1. The Labute approximate surface area is 113 Å². The van der Waals surface area contributed by atoms with Gasteiger partial charge in [0.1, 0.15) is 0 Å². The minimum atomic E-state index is 0.104. The summed E-state index contributed by atoms with van der Waals surface area (Å²) in [5.74, 6) is 0.104. The molecule has 0 aliphatic rings. The second-order valence-corrected chi connectivity index (χ2v) is 4.59. The van der Waals surface area contributed by atoms with Gasteiger partial charge >= 0.3 is 0 Å². The van der Waals surface area contributed by atoms with Crippen LogP contribution in [-0.4, -0.2) is 12.3 Å². The van der Waals surface area contributed by atoms with Crippen molar-refractivity contribution in [2.45, 2.75) is 13.3 Å². The predicted molar refractivity (Wildman–Crippen MR) is 79.5 cm³/mol. The van der Waals surface area contributed by atoms with Crippen molar-refractivity contribution in [1.29, 1.82) is 0 Å². The Bertz CT molecular complexity index is 578. The summed E-state index contributed by atoms with van der Waals surface area (Å²) in [6.45, 7) is 2.67. The molecule has 98 valence electrons. The number of anilines is 2. The molecule has 0 fully saturated rings. The highest BCUT2D eigenvalue weighted by Gasteiger charge is 2.05. The third-order valence-electron chi connectivity index (χ3n) is 2.91. The summed E-state index contributed by atoms with van der Waals surface area (Å²) in [5.41, 5.74) is 9.20. The van der Waals surface area contributed by atoms with Gasteiger partial charge in [0, 0.05) is 29.9 Å². The number of benzene rings is 2. The molecule has 0 spiro atoms. The van der Waals surface area contributed by atoms with E-state index in [0.29, 0.717) is 24.2 Å².